The van der Waals surface area contributed by atoms with E-state index in [9.17, 15) is 9.59 Å². The highest BCUT2D eigenvalue weighted by molar-refractivity contribution is 5.86. The lowest BCUT2D eigenvalue weighted by Gasteiger charge is -1.93. The van der Waals surface area contributed by atoms with Gasteiger partial charge in [0.1, 0.15) is 12.4 Å². The lowest BCUT2D eigenvalue weighted by Crippen LogP contribution is -2.06. The zero-order chi connectivity index (χ0) is 7.98. The van der Waals surface area contributed by atoms with E-state index in [0.29, 0.717) is 6.42 Å². The molecule has 0 atom stereocenters. The molecule has 0 aliphatic heterocycles. The van der Waals surface area contributed by atoms with Gasteiger partial charge in [0, 0.05) is 19.3 Å². The molecule has 0 heterocycles. The Morgan fingerprint density at radius 1 is 1.20 bits per heavy atom. The van der Waals surface area contributed by atoms with Crippen LogP contribution in [-0.2, 0) is 9.59 Å². The monoisotopic (exact) mass is 144 g/mol. The van der Waals surface area contributed by atoms with Gasteiger partial charge in [0.2, 0.25) is 0 Å². The van der Waals surface area contributed by atoms with E-state index in [1.807, 2.05) is 0 Å². The minimum absolute atomic E-state index is 0.0711. The third kappa shape index (κ3) is 4.21. The SMILES string of the molecule is CCC(=O)CCC(=O)CO. The summed E-state index contributed by atoms with van der Waals surface area (Å²) >= 11 is 0. The van der Waals surface area contributed by atoms with Crippen LogP contribution in [0.4, 0.5) is 0 Å². The quantitative estimate of drug-likeness (QED) is 0.604. The molecule has 0 unspecified atom stereocenters. The smallest absolute Gasteiger partial charge is 0.158 e. The number of Topliss-reactive ketones (excluding diaryl/α,β-unsaturated/α-hetero) is 2. The molecule has 58 valence electrons. The molecule has 0 aromatic heterocycles. The van der Waals surface area contributed by atoms with Crippen molar-refractivity contribution in [2.45, 2.75) is 26.2 Å². The van der Waals surface area contributed by atoms with Crippen molar-refractivity contribution in [3.63, 3.8) is 0 Å². The van der Waals surface area contributed by atoms with Gasteiger partial charge in [0.15, 0.2) is 5.78 Å². The van der Waals surface area contributed by atoms with Gasteiger partial charge in [-0.1, -0.05) is 6.92 Å². The molecule has 3 heteroatoms. The summed E-state index contributed by atoms with van der Waals surface area (Å²) < 4.78 is 0. The van der Waals surface area contributed by atoms with Gasteiger partial charge in [-0.05, 0) is 0 Å². The predicted octanol–water partition coefficient (Wildman–Crippen LogP) is 0.307. The van der Waals surface area contributed by atoms with Crippen molar-refractivity contribution in [2.24, 2.45) is 0 Å². The van der Waals surface area contributed by atoms with Crippen LogP contribution in [0.5, 0.6) is 0 Å². The number of carbonyl (C=O) groups is 2. The van der Waals surface area contributed by atoms with E-state index in [-0.39, 0.29) is 24.4 Å². The maximum Gasteiger partial charge on any atom is 0.158 e. The van der Waals surface area contributed by atoms with Crippen LogP contribution in [-0.4, -0.2) is 23.3 Å². The Kier molecular flexibility index (Phi) is 4.76. The molecule has 0 spiro atoms. The normalized spacial score (nSPS) is 9.40. The molecule has 0 aliphatic rings. The third-order valence-corrected chi connectivity index (χ3v) is 1.25. The molecule has 0 bridgehead atoms. The van der Waals surface area contributed by atoms with Gasteiger partial charge in [-0.3, -0.25) is 9.59 Å². The molecule has 3 nitrogen and oxygen atoms in total. The molecule has 0 saturated heterocycles. The van der Waals surface area contributed by atoms with Crippen molar-refractivity contribution in [1.29, 1.82) is 0 Å². The van der Waals surface area contributed by atoms with Crippen molar-refractivity contribution < 1.29 is 14.7 Å². The first-order valence-electron chi connectivity index (χ1n) is 3.35. The van der Waals surface area contributed by atoms with Crippen LogP contribution in [0.15, 0.2) is 0 Å². The number of hydrogen-bond acceptors (Lipinski definition) is 3. The minimum atomic E-state index is -0.447. The molecule has 0 saturated carbocycles. The number of aliphatic hydroxyl groups is 1. The van der Waals surface area contributed by atoms with Crippen LogP contribution in [0.25, 0.3) is 0 Å². The Balaban J connectivity index is 3.35. The molecule has 0 aliphatic carbocycles. The number of hydrogen-bond donors (Lipinski definition) is 1. The summed E-state index contributed by atoms with van der Waals surface area (Å²) in [5.74, 6) is -0.191. The van der Waals surface area contributed by atoms with Gasteiger partial charge in [-0.25, -0.2) is 0 Å². The van der Waals surface area contributed by atoms with Crippen molar-refractivity contribution in [2.75, 3.05) is 6.61 Å². The Morgan fingerprint density at radius 2 is 1.70 bits per heavy atom. The molecule has 0 aromatic rings. The predicted molar refractivity (Wildman–Crippen MR) is 36.6 cm³/mol. The number of carbonyl (C=O) groups excluding carboxylic acids is 2. The summed E-state index contributed by atoms with van der Waals surface area (Å²) in [6.07, 6.45) is 0.928. The van der Waals surface area contributed by atoms with E-state index < -0.39 is 6.61 Å². The largest absolute Gasteiger partial charge is 0.389 e. The topological polar surface area (TPSA) is 54.4 Å². The van der Waals surface area contributed by atoms with E-state index in [4.69, 9.17) is 5.11 Å². The van der Waals surface area contributed by atoms with Crippen LogP contribution in [0.2, 0.25) is 0 Å². The number of ketones is 2. The molecule has 0 aromatic carbocycles. The van der Waals surface area contributed by atoms with Crippen LogP contribution in [0.3, 0.4) is 0 Å². The van der Waals surface area contributed by atoms with Crippen LogP contribution >= 0.6 is 0 Å². The first-order chi connectivity index (χ1) is 4.70. The highest BCUT2D eigenvalue weighted by atomic mass is 16.3. The van der Waals surface area contributed by atoms with Gasteiger partial charge >= 0.3 is 0 Å². The lowest BCUT2D eigenvalue weighted by atomic mass is 10.1. The second-order valence-electron chi connectivity index (χ2n) is 2.09. The molecule has 10 heavy (non-hydrogen) atoms. The first kappa shape index (κ1) is 9.30. The first-order valence-corrected chi connectivity index (χ1v) is 3.35. The second-order valence-corrected chi connectivity index (χ2v) is 2.09. The Hall–Kier alpha value is -0.700. The Labute approximate surface area is 60.0 Å². The zero-order valence-electron chi connectivity index (χ0n) is 6.09. The van der Waals surface area contributed by atoms with Crippen molar-refractivity contribution >= 4 is 11.6 Å². The molecule has 0 rings (SSSR count). The standard InChI is InChI=1S/C7H12O3/c1-2-6(9)3-4-7(10)5-8/h8H,2-5H2,1H3. The summed E-state index contributed by atoms with van der Waals surface area (Å²) in [5.41, 5.74) is 0. The van der Waals surface area contributed by atoms with E-state index in [0.717, 1.165) is 0 Å². The molecule has 1 N–H and O–H groups in total. The fourth-order valence-corrected chi connectivity index (χ4v) is 0.535. The zero-order valence-corrected chi connectivity index (χ0v) is 6.09. The molecular weight excluding hydrogens is 132 g/mol. The van der Waals surface area contributed by atoms with Gasteiger partial charge in [0.25, 0.3) is 0 Å². The lowest BCUT2D eigenvalue weighted by molar-refractivity contribution is -0.125. The van der Waals surface area contributed by atoms with Crippen molar-refractivity contribution in [3.8, 4) is 0 Å². The second kappa shape index (κ2) is 5.11. The Bertz CT molecular complexity index is 113. The highest BCUT2D eigenvalue weighted by Crippen LogP contribution is 1.94. The van der Waals surface area contributed by atoms with Crippen LogP contribution < -0.4 is 0 Å². The fraction of sp³-hybridized carbons (Fsp3) is 0.714. The van der Waals surface area contributed by atoms with Crippen LogP contribution in [0.1, 0.15) is 26.2 Å². The summed E-state index contributed by atoms with van der Waals surface area (Å²) in [6, 6.07) is 0. The van der Waals surface area contributed by atoms with Gasteiger partial charge in [-0.15, -0.1) is 0 Å². The van der Waals surface area contributed by atoms with Crippen molar-refractivity contribution in [1.82, 2.24) is 0 Å². The number of rotatable bonds is 5. The van der Waals surface area contributed by atoms with E-state index in [2.05, 4.69) is 0 Å². The van der Waals surface area contributed by atoms with E-state index in [1.165, 1.54) is 0 Å². The highest BCUT2D eigenvalue weighted by Gasteiger charge is 2.02. The third-order valence-electron chi connectivity index (χ3n) is 1.25. The Morgan fingerprint density at radius 3 is 2.10 bits per heavy atom. The summed E-state index contributed by atoms with van der Waals surface area (Å²) in [5, 5.41) is 8.26. The maximum absolute atomic E-state index is 10.6. The number of aliphatic hydroxyl groups excluding tert-OH is 1. The van der Waals surface area contributed by atoms with E-state index in [1.54, 1.807) is 6.92 Å². The molecule has 0 amide bonds. The molecule has 0 radical (unpaired) electrons. The maximum atomic E-state index is 10.6. The summed E-state index contributed by atoms with van der Waals surface area (Å²) in [6.45, 7) is 1.31. The summed E-state index contributed by atoms with van der Waals surface area (Å²) in [4.78, 5) is 21.0. The van der Waals surface area contributed by atoms with E-state index >= 15 is 0 Å². The average Bonchev–Trinajstić information content (AvgIpc) is 1.99. The fourth-order valence-electron chi connectivity index (χ4n) is 0.535. The molecule has 0 fully saturated rings. The minimum Gasteiger partial charge on any atom is -0.389 e. The van der Waals surface area contributed by atoms with Gasteiger partial charge < -0.3 is 5.11 Å². The van der Waals surface area contributed by atoms with Gasteiger partial charge in [-0.2, -0.15) is 0 Å². The van der Waals surface area contributed by atoms with Crippen molar-refractivity contribution in [3.05, 3.63) is 0 Å². The van der Waals surface area contributed by atoms with Gasteiger partial charge in [0.05, 0.1) is 0 Å². The molecular formula is C7H12O3. The van der Waals surface area contributed by atoms with Crippen LogP contribution in [0, 0.1) is 0 Å². The average molecular weight is 144 g/mol. The summed E-state index contributed by atoms with van der Waals surface area (Å²) in [7, 11) is 0.